The van der Waals surface area contributed by atoms with Crippen molar-refractivity contribution in [2.24, 2.45) is 5.73 Å². The molecule has 0 aliphatic carbocycles. The minimum absolute atomic E-state index is 0.0753. The highest BCUT2D eigenvalue weighted by molar-refractivity contribution is 5.73. The largest absolute Gasteiger partial charge is 0.479 e. The zero-order valence-corrected chi connectivity index (χ0v) is 14.4. The fourth-order valence-corrected chi connectivity index (χ4v) is 2.02. The number of rotatable bonds is 3. The molecule has 0 amide bonds. The first-order chi connectivity index (χ1) is 12.7. The third-order valence-corrected chi connectivity index (χ3v) is 3.49. The second-order valence-electron chi connectivity index (χ2n) is 5.78. The lowest BCUT2D eigenvalue weighted by atomic mass is 10.0. The van der Waals surface area contributed by atoms with E-state index in [9.17, 15) is 31.1 Å². The first-order valence-electron chi connectivity index (χ1n) is 7.74. The molecule has 28 heavy (non-hydrogen) atoms. The lowest BCUT2D eigenvalue weighted by Gasteiger charge is -2.15. The van der Waals surface area contributed by atoms with E-state index in [0.717, 1.165) is 0 Å². The van der Waals surface area contributed by atoms with Crippen molar-refractivity contribution in [3.8, 4) is 0 Å². The summed E-state index contributed by atoms with van der Waals surface area (Å²) in [7, 11) is 0. The van der Waals surface area contributed by atoms with Crippen LogP contribution in [0.1, 0.15) is 41.3 Å². The Morgan fingerprint density at radius 3 is 1.64 bits per heavy atom. The summed E-state index contributed by atoms with van der Waals surface area (Å²) in [6, 6.07) is 8.68. The molecule has 2 atom stereocenters. The fourth-order valence-electron chi connectivity index (χ4n) is 2.02. The maximum Gasteiger partial charge on any atom is 0.416 e. The van der Waals surface area contributed by atoms with Crippen LogP contribution in [0.4, 0.5) is 26.3 Å². The number of hydrogen-bond donors (Lipinski definition) is 3. The minimum atomic E-state index is -4.83. The first-order valence-corrected chi connectivity index (χ1v) is 7.74. The van der Waals surface area contributed by atoms with E-state index in [1.807, 2.05) is 0 Å². The van der Waals surface area contributed by atoms with Crippen LogP contribution in [0.3, 0.4) is 0 Å². The van der Waals surface area contributed by atoms with Gasteiger partial charge in [-0.05, 0) is 36.2 Å². The number of nitrogens with two attached hydrogens (primary N) is 1. The summed E-state index contributed by atoms with van der Waals surface area (Å²) < 4.78 is 74.3. The van der Waals surface area contributed by atoms with Gasteiger partial charge in [-0.15, -0.1) is 0 Å². The molecule has 154 valence electrons. The summed E-state index contributed by atoms with van der Waals surface area (Å²) >= 11 is 0. The van der Waals surface area contributed by atoms with Gasteiger partial charge in [-0.1, -0.05) is 30.3 Å². The monoisotopic (exact) mass is 409 g/mol. The molecule has 0 aromatic heterocycles. The molecule has 2 aromatic carbocycles. The van der Waals surface area contributed by atoms with Gasteiger partial charge in [-0.25, -0.2) is 4.79 Å². The van der Waals surface area contributed by atoms with Crippen LogP contribution in [-0.4, -0.2) is 16.2 Å². The van der Waals surface area contributed by atoms with Gasteiger partial charge in [0.1, 0.15) is 0 Å². The predicted molar refractivity (Wildman–Crippen MR) is 88.1 cm³/mol. The molecule has 0 unspecified atom stereocenters. The lowest BCUT2D eigenvalue weighted by molar-refractivity contribution is -0.147. The fraction of sp³-hybridized carbons (Fsp3) is 0.278. The number of carbonyl (C=O) groups is 1. The van der Waals surface area contributed by atoms with Gasteiger partial charge >= 0.3 is 18.3 Å². The number of halogens is 6. The quantitative estimate of drug-likeness (QED) is 0.650. The van der Waals surface area contributed by atoms with Crippen LogP contribution in [0.25, 0.3) is 0 Å². The molecular formula is C18H17F6NO3. The molecule has 2 aromatic rings. The van der Waals surface area contributed by atoms with Crippen molar-refractivity contribution in [2.75, 3.05) is 0 Å². The molecular weight excluding hydrogens is 392 g/mol. The minimum Gasteiger partial charge on any atom is -0.479 e. The molecule has 10 heteroatoms. The van der Waals surface area contributed by atoms with E-state index in [2.05, 4.69) is 0 Å². The van der Waals surface area contributed by atoms with E-state index in [1.54, 1.807) is 30.3 Å². The Balaban J connectivity index is 0.000000307. The second-order valence-corrected chi connectivity index (χ2v) is 5.78. The zero-order valence-electron chi connectivity index (χ0n) is 14.4. The van der Waals surface area contributed by atoms with Crippen LogP contribution in [0.2, 0.25) is 0 Å². The number of carboxylic acid groups (broad SMARTS) is 1. The molecule has 0 saturated heterocycles. The predicted octanol–water partition coefficient (Wildman–Crippen LogP) is 4.55. The van der Waals surface area contributed by atoms with Crippen molar-refractivity contribution < 1.29 is 41.4 Å². The highest BCUT2D eigenvalue weighted by Gasteiger charge is 2.37. The van der Waals surface area contributed by atoms with E-state index < -0.39 is 41.6 Å². The summed E-state index contributed by atoms with van der Waals surface area (Å²) in [5.41, 5.74) is 2.81. The number of aliphatic carboxylic acids is 1. The summed E-state index contributed by atoms with van der Waals surface area (Å²) in [6.45, 7) is 1.32. The van der Waals surface area contributed by atoms with Gasteiger partial charge < -0.3 is 15.9 Å². The van der Waals surface area contributed by atoms with Crippen molar-refractivity contribution in [1.29, 1.82) is 0 Å². The topological polar surface area (TPSA) is 83.6 Å². The van der Waals surface area contributed by atoms with E-state index in [0.29, 0.717) is 17.7 Å². The normalized spacial score (nSPS) is 13.9. The van der Waals surface area contributed by atoms with Crippen LogP contribution in [-0.2, 0) is 17.1 Å². The Morgan fingerprint density at radius 2 is 1.32 bits per heavy atom. The maximum absolute atomic E-state index is 12.4. The number of alkyl halides is 6. The van der Waals surface area contributed by atoms with Crippen molar-refractivity contribution >= 4 is 5.97 Å². The van der Waals surface area contributed by atoms with Crippen molar-refractivity contribution in [3.05, 3.63) is 70.8 Å². The van der Waals surface area contributed by atoms with Crippen LogP contribution in [0.5, 0.6) is 0 Å². The summed E-state index contributed by atoms with van der Waals surface area (Å²) in [4.78, 5) is 10.2. The zero-order chi connectivity index (χ0) is 21.7. The van der Waals surface area contributed by atoms with Crippen LogP contribution in [0.15, 0.2) is 48.5 Å². The molecule has 4 N–H and O–H groups in total. The molecule has 0 spiro atoms. The van der Waals surface area contributed by atoms with Gasteiger partial charge in [-0.2, -0.15) is 26.3 Å². The number of aliphatic hydroxyl groups excluding tert-OH is 1. The average molecular weight is 409 g/mol. The molecule has 0 bridgehead atoms. The SMILES string of the molecule is C[C@@H](N)c1cc(C(F)(F)F)cc(C(F)(F)F)c1.O=C(O)[C@H](O)c1ccccc1. The van der Waals surface area contributed by atoms with Gasteiger partial charge in [0.2, 0.25) is 0 Å². The molecule has 0 aliphatic heterocycles. The number of carboxylic acids is 1. The number of benzene rings is 2. The van der Waals surface area contributed by atoms with Gasteiger partial charge in [-0.3, -0.25) is 0 Å². The van der Waals surface area contributed by atoms with E-state index in [-0.39, 0.29) is 11.6 Å². The Kier molecular flexibility index (Phi) is 7.59. The Bertz CT molecular complexity index is 756. The number of hydrogen-bond acceptors (Lipinski definition) is 3. The average Bonchev–Trinajstić information content (AvgIpc) is 2.60. The molecule has 4 nitrogen and oxygen atoms in total. The van der Waals surface area contributed by atoms with E-state index in [1.165, 1.54) is 6.92 Å². The first kappa shape index (κ1) is 23.4. The Hall–Kier alpha value is -2.59. The standard InChI is InChI=1S/C10H9F6N.C8H8O3/c1-5(17)6-2-7(9(11,12)13)4-8(3-6)10(14,15)16;9-7(8(10)11)6-4-2-1-3-5-6/h2-5H,17H2,1H3;1-5,7,9H,(H,10,11)/t5-;7-/m11/s1. The molecule has 2 rings (SSSR count). The smallest absolute Gasteiger partial charge is 0.416 e. The second kappa shape index (κ2) is 9.07. The Labute approximate surface area is 156 Å². The molecule has 0 fully saturated rings. The van der Waals surface area contributed by atoms with Crippen molar-refractivity contribution in [2.45, 2.75) is 31.4 Å². The highest BCUT2D eigenvalue weighted by Crippen LogP contribution is 2.37. The van der Waals surface area contributed by atoms with Crippen LogP contribution >= 0.6 is 0 Å². The van der Waals surface area contributed by atoms with Gasteiger partial charge in [0.05, 0.1) is 11.1 Å². The van der Waals surface area contributed by atoms with E-state index >= 15 is 0 Å². The molecule has 0 saturated carbocycles. The summed E-state index contributed by atoms with van der Waals surface area (Å²) in [6.07, 6.45) is -11.1. The molecule has 0 heterocycles. The molecule has 0 radical (unpaired) electrons. The van der Waals surface area contributed by atoms with Crippen molar-refractivity contribution in [3.63, 3.8) is 0 Å². The van der Waals surface area contributed by atoms with Gasteiger partial charge in [0, 0.05) is 6.04 Å². The lowest BCUT2D eigenvalue weighted by Crippen LogP contribution is -2.14. The summed E-state index contributed by atoms with van der Waals surface area (Å²) in [5, 5.41) is 17.4. The third kappa shape index (κ3) is 6.86. The number of aliphatic hydroxyl groups is 1. The van der Waals surface area contributed by atoms with Crippen LogP contribution < -0.4 is 5.73 Å². The summed E-state index contributed by atoms with van der Waals surface area (Å²) in [5.74, 6) is -1.23. The third-order valence-electron chi connectivity index (χ3n) is 3.49. The highest BCUT2D eigenvalue weighted by atomic mass is 19.4. The van der Waals surface area contributed by atoms with Gasteiger partial charge in [0.15, 0.2) is 6.10 Å². The Morgan fingerprint density at radius 1 is 0.893 bits per heavy atom. The van der Waals surface area contributed by atoms with Gasteiger partial charge in [0.25, 0.3) is 0 Å². The van der Waals surface area contributed by atoms with E-state index in [4.69, 9.17) is 15.9 Å². The van der Waals surface area contributed by atoms with Crippen LogP contribution in [0, 0.1) is 0 Å². The maximum atomic E-state index is 12.4. The molecule has 0 aliphatic rings. The van der Waals surface area contributed by atoms with Crippen molar-refractivity contribution in [1.82, 2.24) is 0 Å².